The van der Waals surface area contributed by atoms with Gasteiger partial charge in [-0.1, -0.05) is 11.3 Å². The van der Waals surface area contributed by atoms with Crippen LogP contribution in [-0.2, 0) is 0 Å². The number of hydrogen-bond donors (Lipinski definition) is 0. The molecule has 0 aliphatic carbocycles. The number of thiophene rings is 1. The number of ether oxygens (including phenoxy) is 3. The van der Waals surface area contributed by atoms with Crippen molar-refractivity contribution in [1.82, 2.24) is 0 Å². The van der Waals surface area contributed by atoms with Crippen molar-refractivity contribution < 1.29 is 14.2 Å². The second-order valence-electron chi connectivity index (χ2n) is 1.83. The second-order valence-corrected chi connectivity index (χ2v) is 2.67. The van der Waals surface area contributed by atoms with E-state index in [2.05, 4.69) is 0 Å². The fraction of sp³-hybridized carbons (Fsp3) is 0.429. The van der Waals surface area contributed by atoms with E-state index in [4.69, 9.17) is 14.2 Å². The Hall–Kier alpha value is -0.900. The first kappa shape index (κ1) is 8.20. The van der Waals surface area contributed by atoms with E-state index in [-0.39, 0.29) is 0 Å². The van der Waals surface area contributed by atoms with Gasteiger partial charge >= 0.3 is 0 Å². The van der Waals surface area contributed by atoms with Gasteiger partial charge in [-0.25, -0.2) is 0 Å². The molecule has 4 heteroatoms. The van der Waals surface area contributed by atoms with E-state index >= 15 is 0 Å². The maximum atomic E-state index is 5.06. The van der Waals surface area contributed by atoms with E-state index in [1.54, 1.807) is 21.3 Å². The molecule has 0 radical (unpaired) electrons. The van der Waals surface area contributed by atoms with E-state index in [1.165, 1.54) is 11.3 Å². The van der Waals surface area contributed by atoms with Gasteiger partial charge in [0.25, 0.3) is 0 Å². The zero-order valence-corrected chi connectivity index (χ0v) is 7.53. The summed E-state index contributed by atoms with van der Waals surface area (Å²) in [4.78, 5) is 0. The lowest BCUT2D eigenvalue weighted by Crippen LogP contribution is -1.88. The molecular weight excluding hydrogens is 164 g/mol. The lowest BCUT2D eigenvalue weighted by atomic mass is 10.5. The zero-order chi connectivity index (χ0) is 8.27. The molecule has 0 aliphatic heterocycles. The number of methoxy groups -OCH3 is 3. The van der Waals surface area contributed by atoms with Crippen LogP contribution in [0.4, 0.5) is 0 Å². The van der Waals surface area contributed by atoms with Gasteiger partial charge in [0.15, 0.2) is 5.75 Å². The van der Waals surface area contributed by atoms with Gasteiger partial charge in [0.05, 0.1) is 21.3 Å². The summed E-state index contributed by atoms with van der Waals surface area (Å²) in [5.74, 6) is 1.38. The van der Waals surface area contributed by atoms with Crippen LogP contribution in [0.1, 0.15) is 0 Å². The molecule has 1 heterocycles. The van der Waals surface area contributed by atoms with Crippen LogP contribution in [0, 0.1) is 0 Å². The van der Waals surface area contributed by atoms with Crippen molar-refractivity contribution in [2.45, 2.75) is 0 Å². The predicted octanol–water partition coefficient (Wildman–Crippen LogP) is 1.77. The minimum absolute atomic E-state index is 0.667. The third-order valence-corrected chi connectivity index (χ3v) is 2.19. The number of hydrogen-bond acceptors (Lipinski definition) is 4. The molecule has 0 aromatic carbocycles. The Morgan fingerprint density at radius 2 is 1.82 bits per heavy atom. The summed E-state index contributed by atoms with van der Waals surface area (Å²) >= 11 is 1.45. The van der Waals surface area contributed by atoms with Crippen molar-refractivity contribution in [3.05, 3.63) is 5.38 Å². The molecule has 0 saturated carbocycles. The van der Waals surface area contributed by atoms with Gasteiger partial charge in [0, 0.05) is 5.38 Å². The van der Waals surface area contributed by atoms with Gasteiger partial charge in [-0.15, -0.1) is 0 Å². The molecule has 0 atom stereocenters. The summed E-state index contributed by atoms with van der Waals surface area (Å²) in [5, 5.41) is 2.59. The van der Waals surface area contributed by atoms with E-state index in [0.29, 0.717) is 11.5 Å². The van der Waals surface area contributed by atoms with Gasteiger partial charge < -0.3 is 14.2 Å². The Labute approximate surface area is 69.5 Å². The molecule has 1 aromatic heterocycles. The molecule has 0 aliphatic rings. The average molecular weight is 174 g/mol. The smallest absolute Gasteiger partial charge is 0.220 e. The monoisotopic (exact) mass is 174 g/mol. The summed E-state index contributed by atoms with van der Waals surface area (Å²) in [7, 11) is 4.80. The standard InChI is InChI=1S/C7H10O3S/c1-8-5-4-11-7(10-3)6(5)9-2/h4H,1-3H3. The van der Waals surface area contributed by atoms with Crippen molar-refractivity contribution in [2.75, 3.05) is 21.3 Å². The topological polar surface area (TPSA) is 27.7 Å². The summed E-state index contributed by atoms with van der Waals surface area (Å²) in [6.45, 7) is 0. The quantitative estimate of drug-likeness (QED) is 0.699. The van der Waals surface area contributed by atoms with Crippen molar-refractivity contribution in [2.24, 2.45) is 0 Å². The third-order valence-electron chi connectivity index (χ3n) is 1.29. The predicted molar refractivity (Wildman–Crippen MR) is 44.0 cm³/mol. The summed E-state index contributed by atoms with van der Waals surface area (Å²) in [5.41, 5.74) is 0. The SMILES string of the molecule is COc1csc(OC)c1OC. The van der Waals surface area contributed by atoms with Crippen LogP contribution in [0.5, 0.6) is 16.6 Å². The minimum atomic E-state index is 0.667. The van der Waals surface area contributed by atoms with Crippen LogP contribution in [-0.4, -0.2) is 21.3 Å². The van der Waals surface area contributed by atoms with Crippen LogP contribution in [0.15, 0.2) is 5.38 Å². The van der Waals surface area contributed by atoms with Gasteiger partial charge in [-0.3, -0.25) is 0 Å². The van der Waals surface area contributed by atoms with Crippen molar-refractivity contribution in [3.63, 3.8) is 0 Å². The Morgan fingerprint density at radius 3 is 2.27 bits per heavy atom. The molecule has 0 N–H and O–H groups in total. The minimum Gasteiger partial charge on any atom is -0.492 e. The fourth-order valence-electron chi connectivity index (χ4n) is 0.780. The lowest BCUT2D eigenvalue weighted by Gasteiger charge is -2.02. The van der Waals surface area contributed by atoms with Crippen molar-refractivity contribution >= 4 is 11.3 Å². The largest absolute Gasteiger partial charge is 0.492 e. The highest BCUT2D eigenvalue weighted by Gasteiger charge is 2.12. The van der Waals surface area contributed by atoms with Crippen LogP contribution in [0.25, 0.3) is 0 Å². The summed E-state index contributed by atoms with van der Waals surface area (Å²) in [6, 6.07) is 0. The Bertz CT molecular complexity index is 210. The Kier molecular flexibility index (Phi) is 2.59. The van der Waals surface area contributed by atoms with Crippen LogP contribution >= 0.6 is 11.3 Å². The van der Waals surface area contributed by atoms with Crippen molar-refractivity contribution in [3.8, 4) is 16.6 Å². The molecule has 0 unspecified atom stereocenters. The highest BCUT2D eigenvalue weighted by Crippen LogP contribution is 2.42. The van der Waals surface area contributed by atoms with E-state index in [9.17, 15) is 0 Å². The summed E-state index contributed by atoms with van der Waals surface area (Å²) in [6.07, 6.45) is 0. The second kappa shape index (κ2) is 3.48. The van der Waals surface area contributed by atoms with Crippen molar-refractivity contribution in [1.29, 1.82) is 0 Å². The van der Waals surface area contributed by atoms with E-state index < -0.39 is 0 Å². The fourth-order valence-corrected chi connectivity index (χ4v) is 1.58. The maximum Gasteiger partial charge on any atom is 0.220 e. The molecule has 0 bridgehead atoms. The molecule has 1 aromatic rings. The molecule has 11 heavy (non-hydrogen) atoms. The number of rotatable bonds is 3. The molecule has 0 fully saturated rings. The highest BCUT2D eigenvalue weighted by atomic mass is 32.1. The molecule has 1 rings (SSSR count). The third kappa shape index (κ3) is 1.40. The lowest BCUT2D eigenvalue weighted by molar-refractivity contribution is 0.333. The molecule has 3 nitrogen and oxygen atoms in total. The Morgan fingerprint density at radius 1 is 1.09 bits per heavy atom. The van der Waals surface area contributed by atoms with Gasteiger partial charge in [-0.05, 0) is 0 Å². The first-order chi connectivity index (χ1) is 5.33. The van der Waals surface area contributed by atoms with Crippen LogP contribution < -0.4 is 14.2 Å². The molecule has 0 amide bonds. The van der Waals surface area contributed by atoms with Gasteiger partial charge in [0.2, 0.25) is 10.8 Å². The Balaban J connectivity index is 2.99. The van der Waals surface area contributed by atoms with Gasteiger partial charge in [-0.2, -0.15) is 0 Å². The maximum absolute atomic E-state index is 5.06. The normalized spacial score (nSPS) is 9.36. The van der Waals surface area contributed by atoms with Crippen LogP contribution in [0.3, 0.4) is 0 Å². The molecule has 62 valence electrons. The molecule has 0 saturated heterocycles. The first-order valence-electron chi connectivity index (χ1n) is 3.07. The highest BCUT2D eigenvalue weighted by molar-refractivity contribution is 7.12. The summed E-state index contributed by atoms with van der Waals surface area (Å²) < 4.78 is 15.1. The van der Waals surface area contributed by atoms with E-state index in [1.807, 2.05) is 5.38 Å². The average Bonchev–Trinajstić information content (AvgIpc) is 2.45. The first-order valence-corrected chi connectivity index (χ1v) is 3.95. The molecular formula is C7H10O3S. The zero-order valence-electron chi connectivity index (χ0n) is 6.71. The van der Waals surface area contributed by atoms with E-state index in [0.717, 1.165) is 5.06 Å². The van der Waals surface area contributed by atoms with Gasteiger partial charge in [0.1, 0.15) is 0 Å². The molecule has 0 spiro atoms. The van der Waals surface area contributed by atoms with Crippen LogP contribution in [0.2, 0.25) is 0 Å².